The average Bonchev–Trinajstić information content (AvgIpc) is 1.95. The van der Waals surface area contributed by atoms with E-state index in [1.54, 1.807) is 12.1 Å². The van der Waals surface area contributed by atoms with Crippen molar-refractivity contribution < 1.29 is 21.4 Å². The smallest absolute Gasteiger partial charge is 1.00 e. The monoisotopic (exact) mass is 240 g/mol. The number of hydrogen-bond acceptors (Lipinski definition) is 0. The Bertz CT molecular complexity index is 198. The summed E-state index contributed by atoms with van der Waals surface area (Å²) in [4.78, 5) is 0. The van der Waals surface area contributed by atoms with Crippen LogP contribution in [0.4, 0.5) is 4.39 Å². The fraction of sp³-hybridized carbons (Fsp3) is 0.222. The summed E-state index contributed by atoms with van der Waals surface area (Å²) in [7, 11) is 0. The number of halogens is 2. The van der Waals surface area contributed by atoms with Crippen molar-refractivity contribution in [3.05, 3.63) is 42.6 Å². The topological polar surface area (TPSA) is 0 Å². The molecule has 1 aromatic carbocycles. The Morgan fingerprint density at radius 2 is 1.67 bits per heavy atom. The van der Waals surface area contributed by atoms with Crippen LogP contribution in [0.15, 0.2) is 24.3 Å². The van der Waals surface area contributed by atoms with E-state index >= 15 is 0 Å². The molecule has 0 fully saturated rings. The maximum absolute atomic E-state index is 12.3. The van der Waals surface area contributed by atoms with Crippen molar-refractivity contribution >= 4 is 23.1 Å². The molecule has 0 aliphatic heterocycles. The zero-order valence-corrected chi connectivity index (χ0v) is 9.89. The van der Waals surface area contributed by atoms with Crippen molar-refractivity contribution in [2.75, 3.05) is 0 Å². The van der Waals surface area contributed by atoms with Crippen LogP contribution in [-0.4, -0.2) is 23.1 Å². The van der Waals surface area contributed by atoms with Crippen LogP contribution in [0, 0.1) is 12.7 Å². The predicted octanol–water partition coefficient (Wildman–Crippen LogP) is -0.784. The van der Waals surface area contributed by atoms with E-state index in [4.69, 9.17) is 0 Å². The molecule has 62 valence electrons. The van der Waals surface area contributed by atoms with Gasteiger partial charge >= 0.3 is 23.1 Å². The Balaban J connectivity index is 0. The van der Waals surface area contributed by atoms with Gasteiger partial charge in [-0.05, 0) is 12.1 Å². The van der Waals surface area contributed by atoms with Crippen LogP contribution in [0.5, 0.6) is 0 Å². The summed E-state index contributed by atoms with van der Waals surface area (Å²) in [6, 6.07) is 6.54. The third kappa shape index (κ3) is 5.11. The molecule has 0 nitrogen and oxygen atoms in total. The van der Waals surface area contributed by atoms with Crippen molar-refractivity contribution in [2.24, 2.45) is 0 Å². The first kappa shape index (κ1) is 14.9. The number of benzene rings is 1. The van der Waals surface area contributed by atoms with Gasteiger partial charge in [0.25, 0.3) is 0 Å². The third-order valence-corrected chi connectivity index (χ3v) is 1.38. The second kappa shape index (κ2) is 8.02. The summed E-state index contributed by atoms with van der Waals surface area (Å²) in [5.74, 6) is -0.173. The van der Waals surface area contributed by atoms with Crippen LogP contribution < -0.4 is 17.0 Å². The van der Waals surface area contributed by atoms with Gasteiger partial charge in [-0.25, -0.2) is 4.39 Å². The van der Waals surface area contributed by atoms with Crippen LogP contribution in [0.2, 0.25) is 0 Å². The van der Waals surface area contributed by atoms with Gasteiger partial charge in [-0.2, -0.15) is 6.42 Å². The quantitative estimate of drug-likeness (QED) is 0.470. The standard InChI is InChI=1S/C9H10F.BrH.Mg/c1-2-3-8-4-6-9(10)7-5-8;;/h4-7H,1-3H2;1H;/q-1;;+2/p-1. The Morgan fingerprint density at radius 3 is 2.08 bits per heavy atom. The van der Waals surface area contributed by atoms with Gasteiger partial charge in [0.15, 0.2) is 0 Å². The zero-order valence-electron chi connectivity index (χ0n) is 6.89. The van der Waals surface area contributed by atoms with Crippen LogP contribution in [0.3, 0.4) is 0 Å². The van der Waals surface area contributed by atoms with E-state index in [-0.39, 0.29) is 45.9 Å². The molecule has 0 aliphatic carbocycles. The number of aryl methyl sites for hydroxylation is 1. The van der Waals surface area contributed by atoms with Gasteiger partial charge in [0.2, 0.25) is 0 Å². The van der Waals surface area contributed by atoms with E-state index in [9.17, 15) is 4.39 Å². The Morgan fingerprint density at radius 1 is 1.17 bits per heavy atom. The summed E-state index contributed by atoms with van der Waals surface area (Å²) < 4.78 is 12.3. The first-order valence-corrected chi connectivity index (χ1v) is 3.36. The fourth-order valence-electron chi connectivity index (χ4n) is 0.855. The SMILES string of the molecule is [Br-].[CH2-]CCc1ccc(F)cc1.[Mg+2]. The second-order valence-electron chi connectivity index (χ2n) is 2.23. The summed E-state index contributed by atoms with van der Waals surface area (Å²) in [5.41, 5.74) is 1.15. The Kier molecular flexibility index (Phi) is 9.95. The van der Waals surface area contributed by atoms with Crippen molar-refractivity contribution in [3.63, 3.8) is 0 Å². The van der Waals surface area contributed by atoms with Crippen LogP contribution in [0.25, 0.3) is 0 Å². The molecule has 0 bridgehead atoms. The maximum atomic E-state index is 12.3. The zero-order chi connectivity index (χ0) is 7.40. The number of hydrogen-bond donors (Lipinski definition) is 0. The minimum absolute atomic E-state index is 0. The average molecular weight is 241 g/mol. The van der Waals surface area contributed by atoms with Gasteiger partial charge < -0.3 is 23.9 Å². The molecule has 0 unspecified atom stereocenters. The summed E-state index contributed by atoms with van der Waals surface area (Å²) in [6.07, 6.45) is 1.80. The van der Waals surface area contributed by atoms with E-state index in [0.29, 0.717) is 0 Å². The fourth-order valence-corrected chi connectivity index (χ4v) is 0.855. The van der Waals surface area contributed by atoms with Gasteiger partial charge in [-0.1, -0.05) is 24.1 Å². The largest absolute Gasteiger partial charge is 2.00 e. The summed E-state index contributed by atoms with van der Waals surface area (Å²) in [5, 5.41) is 0. The first-order valence-electron chi connectivity index (χ1n) is 3.36. The molecule has 0 N–H and O–H groups in total. The molecule has 0 aliphatic rings. The molecule has 0 radical (unpaired) electrons. The second-order valence-corrected chi connectivity index (χ2v) is 2.23. The van der Waals surface area contributed by atoms with Crippen LogP contribution in [0.1, 0.15) is 12.0 Å². The molecular weight excluding hydrogens is 231 g/mol. The minimum atomic E-state index is -0.173. The molecule has 1 aromatic rings. The van der Waals surface area contributed by atoms with Crippen LogP contribution >= 0.6 is 0 Å². The molecule has 3 heteroatoms. The molecule has 0 aromatic heterocycles. The van der Waals surface area contributed by atoms with Crippen LogP contribution in [-0.2, 0) is 6.42 Å². The van der Waals surface area contributed by atoms with Crippen molar-refractivity contribution in [1.82, 2.24) is 0 Å². The van der Waals surface area contributed by atoms with Gasteiger partial charge in [0.1, 0.15) is 5.82 Å². The molecule has 0 amide bonds. The van der Waals surface area contributed by atoms with E-state index in [1.165, 1.54) is 12.1 Å². The van der Waals surface area contributed by atoms with Crippen molar-refractivity contribution in [2.45, 2.75) is 12.8 Å². The van der Waals surface area contributed by atoms with E-state index in [1.807, 2.05) is 0 Å². The minimum Gasteiger partial charge on any atom is -1.00 e. The van der Waals surface area contributed by atoms with Crippen molar-refractivity contribution in [1.29, 1.82) is 0 Å². The Labute approximate surface area is 99.5 Å². The normalized spacial score (nSPS) is 8.17. The van der Waals surface area contributed by atoms with Gasteiger partial charge in [-0.15, -0.1) is 0 Å². The molecular formula is C9H10BrFMg. The van der Waals surface area contributed by atoms with Gasteiger partial charge in [-0.3, -0.25) is 0 Å². The third-order valence-electron chi connectivity index (χ3n) is 1.38. The molecule has 0 heterocycles. The Hall–Kier alpha value is 0.396. The molecule has 0 spiro atoms. The van der Waals surface area contributed by atoms with Gasteiger partial charge in [0, 0.05) is 0 Å². The predicted molar refractivity (Wildman–Crippen MR) is 45.8 cm³/mol. The maximum Gasteiger partial charge on any atom is 2.00 e. The van der Waals surface area contributed by atoms with Gasteiger partial charge in [0.05, 0.1) is 0 Å². The van der Waals surface area contributed by atoms with Crippen molar-refractivity contribution in [3.8, 4) is 0 Å². The molecule has 0 saturated carbocycles. The first-order chi connectivity index (χ1) is 4.83. The van der Waals surface area contributed by atoms with E-state index < -0.39 is 0 Å². The van der Waals surface area contributed by atoms with E-state index in [0.717, 1.165) is 18.4 Å². The molecule has 1 rings (SSSR count). The van der Waals surface area contributed by atoms with E-state index in [2.05, 4.69) is 6.92 Å². The molecule has 0 atom stereocenters. The summed E-state index contributed by atoms with van der Waals surface area (Å²) in [6.45, 7) is 3.71. The number of rotatable bonds is 2. The summed E-state index contributed by atoms with van der Waals surface area (Å²) >= 11 is 0. The molecule has 0 saturated heterocycles. The molecule has 12 heavy (non-hydrogen) atoms.